The second-order valence-corrected chi connectivity index (χ2v) is 30.7. The highest BCUT2D eigenvalue weighted by molar-refractivity contribution is 6.11. The number of amidine groups is 3. The molecule has 0 saturated carbocycles. The molecule has 27 nitrogen and oxygen atoms in total. The number of carbonyl (C=O) groups is 6. The van der Waals surface area contributed by atoms with Crippen LogP contribution >= 0.6 is 0 Å². The smallest absolute Gasteiger partial charge is 0.410 e. The van der Waals surface area contributed by atoms with Gasteiger partial charge < -0.3 is 72.0 Å². The lowest BCUT2D eigenvalue weighted by Crippen LogP contribution is -2.65. The second-order valence-electron chi connectivity index (χ2n) is 30.7. The molecule has 6 amide bonds. The Morgan fingerprint density at radius 3 is 0.875 bits per heavy atom. The van der Waals surface area contributed by atoms with E-state index in [1.54, 1.807) is 14.7 Å². The molecule has 3 saturated heterocycles. The molecule has 9 heterocycles. The Morgan fingerprint density at radius 1 is 0.438 bits per heavy atom. The third-order valence-corrected chi connectivity index (χ3v) is 17.2. The molecule has 3 fully saturated rings. The summed E-state index contributed by atoms with van der Waals surface area (Å²) in [5.74, 6) is 6.29. The Labute approximate surface area is 562 Å². The van der Waals surface area contributed by atoms with Gasteiger partial charge in [-0.25, -0.2) is 30.7 Å². The number of benzene rings is 3. The van der Waals surface area contributed by atoms with E-state index in [1.165, 1.54) is 0 Å². The van der Waals surface area contributed by atoms with Crippen molar-refractivity contribution in [3.05, 3.63) is 53.1 Å². The van der Waals surface area contributed by atoms with Gasteiger partial charge in [0.15, 0.2) is 17.5 Å². The molecule has 3 aromatic carbocycles. The lowest BCUT2D eigenvalue weighted by molar-refractivity contribution is -0.123. The van der Waals surface area contributed by atoms with E-state index < -0.39 is 51.7 Å². The molecule has 9 aliphatic heterocycles. The Morgan fingerprint density at radius 2 is 0.667 bits per heavy atom. The summed E-state index contributed by atoms with van der Waals surface area (Å²) in [5, 5.41) is 12.4. The van der Waals surface area contributed by atoms with Crippen molar-refractivity contribution >= 4 is 70.6 Å². The van der Waals surface area contributed by atoms with Gasteiger partial charge in [0.1, 0.15) is 106 Å². The zero-order valence-corrected chi connectivity index (χ0v) is 59.4. The van der Waals surface area contributed by atoms with E-state index in [0.717, 1.165) is 33.8 Å². The molecule has 0 bridgehead atoms. The minimum atomic E-state index is -0.538. The molecule has 522 valence electrons. The van der Waals surface area contributed by atoms with Crippen molar-refractivity contribution in [1.82, 2.24) is 31.0 Å². The number of nitrogens with one attached hydrogen (secondary N) is 3. The third kappa shape index (κ3) is 14.9. The molecule has 12 rings (SSSR count). The number of anilines is 3. The van der Waals surface area contributed by atoms with Crippen LogP contribution in [0.25, 0.3) is 0 Å². The van der Waals surface area contributed by atoms with Crippen LogP contribution in [-0.2, 0) is 28.6 Å². The fourth-order valence-electron chi connectivity index (χ4n) is 12.5. The van der Waals surface area contributed by atoms with Crippen molar-refractivity contribution in [2.45, 2.75) is 215 Å². The zero-order chi connectivity index (χ0) is 70.3. The zero-order valence-electron chi connectivity index (χ0n) is 59.4. The van der Waals surface area contributed by atoms with Gasteiger partial charge in [-0.1, -0.05) is 41.5 Å². The van der Waals surface area contributed by atoms with Gasteiger partial charge in [-0.15, -0.1) is 0 Å². The fourth-order valence-corrected chi connectivity index (χ4v) is 12.5. The van der Waals surface area contributed by atoms with Gasteiger partial charge in [-0.3, -0.25) is 14.4 Å². The summed E-state index contributed by atoms with van der Waals surface area (Å²) in [4.78, 5) is 84.3. The number of hydrogen-bond donors (Lipinski definition) is 3. The van der Waals surface area contributed by atoms with Crippen LogP contribution in [0.3, 0.4) is 0 Å². The minimum absolute atomic E-state index is 0.170. The predicted octanol–water partition coefficient (Wildman–Crippen LogP) is 9.69. The van der Waals surface area contributed by atoms with E-state index in [4.69, 9.17) is 42.6 Å². The maximum absolute atomic E-state index is 12.3. The topological polar surface area (TPSA) is 278 Å². The van der Waals surface area contributed by atoms with Gasteiger partial charge in [0.2, 0.25) is 0 Å². The predicted molar refractivity (Wildman–Crippen MR) is 361 cm³/mol. The first kappa shape index (κ1) is 69.9. The van der Waals surface area contributed by atoms with Crippen LogP contribution in [0.2, 0.25) is 0 Å². The lowest BCUT2D eigenvalue weighted by Gasteiger charge is -2.48. The molecule has 0 aromatic heterocycles. The standard InChI is InChI=1S/3C23H32N4O5/c3*1-13(2)15-8-18-16(27-14(3)20(28)25-24-19(27)10-30-18)9-17(15)31-23(7)11-26(12-23)21(29)32-22(4,5)6/h3*8-9,13-14H,10-12H2,1-7H3,(H,25,28)/t2*14-;/m10./s1. The molecular formula is C69H96N12O15. The van der Waals surface area contributed by atoms with Gasteiger partial charge in [0.25, 0.3) is 17.7 Å². The van der Waals surface area contributed by atoms with Crippen LogP contribution in [0.15, 0.2) is 51.7 Å². The highest BCUT2D eigenvalue weighted by Gasteiger charge is 2.50. The Bertz CT molecular complexity index is 3300. The van der Waals surface area contributed by atoms with E-state index in [2.05, 4.69) is 73.1 Å². The summed E-state index contributed by atoms with van der Waals surface area (Å²) in [6.45, 7) is 44.2. The number of fused-ring (bicyclic) bond motifs is 9. The van der Waals surface area contributed by atoms with Crippen LogP contribution in [0, 0.1) is 0 Å². The molecule has 3 N–H and O–H groups in total. The highest BCUT2D eigenvalue weighted by atomic mass is 16.6. The second kappa shape index (κ2) is 25.6. The van der Waals surface area contributed by atoms with Gasteiger partial charge in [-0.2, -0.15) is 15.3 Å². The Kier molecular flexibility index (Phi) is 18.6. The van der Waals surface area contributed by atoms with Gasteiger partial charge in [0.05, 0.1) is 56.3 Å². The quantitative estimate of drug-likeness (QED) is 0.168. The largest absolute Gasteiger partial charge is 0.483 e. The normalized spacial score (nSPS) is 21.6. The number of hydrazone groups is 3. The Hall–Kier alpha value is -8.91. The highest BCUT2D eigenvalue weighted by Crippen LogP contribution is 2.48. The minimum Gasteiger partial charge on any atom is -0.483 e. The molecule has 0 spiro atoms. The molecule has 27 heteroatoms. The average Bonchev–Trinajstić information content (AvgIpc) is 0.761. The lowest BCUT2D eigenvalue weighted by atomic mass is 9.95. The van der Waals surface area contributed by atoms with Crippen LogP contribution in [0.4, 0.5) is 31.4 Å². The van der Waals surface area contributed by atoms with E-state index in [9.17, 15) is 28.8 Å². The van der Waals surface area contributed by atoms with Crippen molar-refractivity contribution in [2.24, 2.45) is 15.3 Å². The number of carbonyl (C=O) groups excluding carboxylic acids is 6. The molecule has 1 unspecified atom stereocenters. The maximum atomic E-state index is 12.3. The molecule has 0 radical (unpaired) electrons. The van der Waals surface area contributed by atoms with E-state index in [1.807, 2.05) is 155 Å². The molecular weight excluding hydrogens is 1240 g/mol. The van der Waals surface area contributed by atoms with E-state index in [0.29, 0.717) is 91.3 Å². The molecule has 0 aliphatic carbocycles. The van der Waals surface area contributed by atoms with Gasteiger partial charge >= 0.3 is 18.3 Å². The summed E-state index contributed by atoms with van der Waals surface area (Å²) in [7, 11) is 0. The number of ether oxygens (including phenoxy) is 9. The SMILES string of the molecule is CC(C)c1cc2c(cc1OC1(C)CN(C(=O)OC(C)(C)C)C1)N1C(=NNC(=O)C1C)CO2.CC(C)c1cc2c(cc1OC1(C)CN(C(=O)OC(C)(C)C)C1)N1C(=NNC(=O)[C@@H]1C)CO2.CC(C)c1cc2c(cc1OC1(C)CN(C(=O)OC(C)(C)C)C1)N1C(=NNC(=O)[C@H]1C)CO2. The van der Waals surface area contributed by atoms with E-state index >= 15 is 0 Å². The number of likely N-dealkylation sites (tertiary alicyclic amines) is 3. The van der Waals surface area contributed by atoms with Crippen LogP contribution in [-0.4, -0.2) is 179 Å². The van der Waals surface area contributed by atoms with Gasteiger partial charge in [0, 0.05) is 34.9 Å². The monoisotopic (exact) mass is 1330 g/mol. The number of rotatable bonds is 9. The van der Waals surface area contributed by atoms with Crippen molar-refractivity contribution in [2.75, 3.05) is 73.8 Å². The first-order valence-electron chi connectivity index (χ1n) is 33.0. The number of amides is 6. The summed E-state index contributed by atoms with van der Waals surface area (Å²) in [6, 6.07) is 10.5. The summed E-state index contributed by atoms with van der Waals surface area (Å²) in [6.07, 6.45) is -1.01. The van der Waals surface area contributed by atoms with Gasteiger partial charge in [-0.05, 0) is 140 Å². The maximum Gasteiger partial charge on any atom is 0.410 e. The summed E-state index contributed by atoms with van der Waals surface area (Å²) < 4.78 is 53.6. The number of nitrogens with zero attached hydrogens (tertiary/aromatic N) is 9. The molecule has 3 aromatic rings. The molecule has 9 aliphatic rings. The first-order chi connectivity index (χ1) is 44.6. The average molecular weight is 1330 g/mol. The van der Waals surface area contributed by atoms with Crippen molar-refractivity contribution in [3.63, 3.8) is 0 Å². The van der Waals surface area contributed by atoms with Crippen LogP contribution < -0.4 is 59.4 Å². The van der Waals surface area contributed by atoms with Crippen LogP contribution in [0.1, 0.15) is 180 Å². The summed E-state index contributed by atoms with van der Waals surface area (Å²) in [5.41, 5.74) is 9.69. The molecule has 96 heavy (non-hydrogen) atoms. The molecule has 3 atom stereocenters. The van der Waals surface area contributed by atoms with Crippen LogP contribution in [0.5, 0.6) is 34.5 Å². The first-order valence-corrected chi connectivity index (χ1v) is 33.0. The summed E-state index contributed by atoms with van der Waals surface area (Å²) >= 11 is 0. The Balaban J connectivity index is 0.000000157. The van der Waals surface area contributed by atoms with Crippen molar-refractivity contribution in [1.29, 1.82) is 0 Å². The van der Waals surface area contributed by atoms with Crippen molar-refractivity contribution < 1.29 is 71.4 Å². The fraction of sp³-hybridized carbons (Fsp3) is 0.609. The van der Waals surface area contributed by atoms with E-state index in [-0.39, 0.29) is 73.6 Å². The number of hydrogen-bond acceptors (Lipinski definition) is 21. The third-order valence-electron chi connectivity index (χ3n) is 17.2. The van der Waals surface area contributed by atoms with Crippen molar-refractivity contribution in [3.8, 4) is 34.5 Å².